The number of anilines is 1. The number of hydrogen-bond donors (Lipinski definition) is 2. The topological polar surface area (TPSA) is 50.6 Å². The number of rotatable bonds is 5. The van der Waals surface area contributed by atoms with E-state index >= 15 is 0 Å². The quantitative estimate of drug-likeness (QED) is 0.801. The molecule has 142 valence electrons. The molecule has 2 aromatic rings. The average Bonchev–Trinajstić information content (AvgIpc) is 2.65. The maximum atomic E-state index is 12.7. The maximum Gasteiger partial charge on any atom is 0.279 e. The van der Waals surface area contributed by atoms with Crippen molar-refractivity contribution >= 4 is 17.4 Å². The molecule has 1 aliphatic heterocycles. The molecule has 27 heavy (non-hydrogen) atoms. The highest BCUT2D eigenvalue weighted by molar-refractivity contribution is 5.98. The fraction of sp³-hybridized carbons (Fsp3) is 0.391. The van der Waals surface area contributed by atoms with Crippen molar-refractivity contribution < 1.29 is 14.5 Å². The van der Waals surface area contributed by atoms with Crippen LogP contribution in [0.5, 0.6) is 0 Å². The number of likely N-dealkylation sites (tertiary alicyclic amines) is 1. The van der Waals surface area contributed by atoms with Crippen LogP contribution in [0.2, 0.25) is 0 Å². The van der Waals surface area contributed by atoms with Crippen molar-refractivity contribution in [3.8, 4) is 0 Å². The van der Waals surface area contributed by atoms with Gasteiger partial charge in [-0.15, -0.1) is 0 Å². The molecule has 0 unspecified atom stereocenters. The molecular formula is C23H29N2O2+. The molecule has 0 bridgehead atoms. The highest BCUT2D eigenvalue weighted by Gasteiger charge is 2.29. The number of hydrogen-bond acceptors (Lipinski definition) is 2. The molecule has 0 aromatic heterocycles. The van der Waals surface area contributed by atoms with Crippen molar-refractivity contribution in [3.63, 3.8) is 0 Å². The fourth-order valence-corrected chi connectivity index (χ4v) is 3.79. The number of ketones is 1. The van der Waals surface area contributed by atoms with Gasteiger partial charge in [0.2, 0.25) is 0 Å². The van der Waals surface area contributed by atoms with Gasteiger partial charge in [-0.2, -0.15) is 0 Å². The van der Waals surface area contributed by atoms with Gasteiger partial charge < -0.3 is 10.2 Å². The molecule has 1 saturated heterocycles. The molecule has 1 heterocycles. The van der Waals surface area contributed by atoms with Gasteiger partial charge in [0, 0.05) is 30.0 Å². The van der Waals surface area contributed by atoms with Crippen LogP contribution in [-0.2, 0) is 4.79 Å². The van der Waals surface area contributed by atoms with E-state index in [-0.39, 0.29) is 17.6 Å². The first-order chi connectivity index (χ1) is 12.9. The van der Waals surface area contributed by atoms with E-state index in [1.807, 2.05) is 57.2 Å². The summed E-state index contributed by atoms with van der Waals surface area (Å²) in [5, 5.41) is 3.02. The van der Waals surface area contributed by atoms with Crippen molar-refractivity contribution in [3.05, 3.63) is 64.7 Å². The van der Waals surface area contributed by atoms with E-state index < -0.39 is 0 Å². The van der Waals surface area contributed by atoms with Crippen molar-refractivity contribution in [1.29, 1.82) is 0 Å². The second kappa shape index (κ2) is 8.49. The molecule has 0 radical (unpaired) electrons. The van der Waals surface area contributed by atoms with Crippen molar-refractivity contribution in [2.24, 2.45) is 5.92 Å². The smallest absolute Gasteiger partial charge is 0.279 e. The third kappa shape index (κ3) is 5.04. The summed E-state index contributed by atoms with van der Waals surface area (Å²) in [6.45, 7) is 8.27. The minimum absolute atomic E-state index is 0.0419. The number of benzene rings is 2. The lowest BCUT2D eigenvalue weighted by molar-refractivity contribution is -0.897. The Labute approximate surface area is 161 Å². The van der Waals surface area contributed by atoms with Crippen LogP contribution in [0.15, 0.2) is 42.5 Å². The van der Waals surface area contributed by atoms with E-state index in [1.165, 1.54) is 16.0 Å². The zero-order valence-corrected chi connectivity index (χ0v) is 16.5. The number of carbonyl (C=O) groups excluding carboxylic acids is 2. The molecule has 0 saturated carbocycles. The summed E-state index contributed by atoms with van der Waals surface area (Å²) in [5.41, 5.74) is 5.13. The van der Waals surface area contributed by atoms with Crippen molar-refractivity contribution in [2.75, 3.05) is 25.0 Å². The maximum absolute atomic E-state index is 12.7. The normalized spacial score (nSPS) is 19.5. The summed E-state index contributed by atoms with van der Waals surface area (Å²) in [7, 11) is 0. The van der Waals surface area contributed by atoms with Gasteiger partial charge in [-0.05, 0) is 32.4 Å². The first kappa shape index (κ1) is 19.3. The summed E-state index contributed by atoms with van der Waals surface area (Å²) in [6.07, 6.45) is 1.69. The van der Waals surface area contributed by atoms with Gasteiger partial charge in [0.15, 0.2) is 12.3 Å². The molecule has 1 fully saturated rings. The minimum atomic E-state index is 0.0419. The summed E-state index contributed by atoms with van der Waals surface area (Å²) in [4.78, 5) is 26.3. The Hall–Kier alpha value is -2.46. The lowest BCUT2D eigenvalue weighted by Crippen LogP contribution is -3.14. The van der Waals surface area contributed by atoms with E-state index in [2.05, 4.69) is 11.4 Å². The Morgan fingerprint density at radius 2 is 1.59 bits per heavy atom. The Balaban J connectivity index is 1.49. The van der Waals surface area contributed by atoms with Crippen LogP contribution in [0.4, 0.5) is 5.69 Å². The standard InChI is InChI=1S/C23H28N2O2/c1-16-4-7-19(8-5-16)23(27)20-10-12-25(13-11-20)15-22(26)24-21-9-6-17(2)14-18(21)3/h4-9,14,20H,10-13,15H2,1-3H3,(H,24,26)/p+1. The molecule has 3 rings (SSSR count). The lowest BCUT2D eigenvalue weighted by Gasteiger charge is -2.28. The van der Waals surface area contributed by atoms with E-state index in [1.54, 1.807) is 0 Å². The Bertz CT molecular complexity index is 819. The van der Waals surface area contributed by atoms with E-state index in [4.69, 9.17) is 0 Å². The van der Waals surface area contributed by atoms with E-state index in [0.717, 1.165) is 42.7 Å². The molecule has 1 amide bonds. The summed E-state index contributed by atoms with van der Waals surface area (Å²) in [6, 6.07) is 13.9. The van der Waals surface area contributed by atoms with Gasteiger partial charge >= 0.3 is 0 Å². The third-order valence-corrected chi connectivity index (χ3v) is 5.47. The van der Waals surface area contributed by atoms with Gasteiger partial charge in [-0.25, -0.2) is 0 Å². The van der Waals surface area contributed by atoms with Gasteiger partial charge in [-0.3, -0.25) is 9.59 Å². The Kier molecular flexibility index (Phi) is 6.07. The van der Waals surface area contributed by atoms with Crippen LogP contribution in [0.3, 0.4) is 0 Å². The first-order valence-corrected chi connectivity index (χ1v) is 9.74. The Morgan fingerprint density at radius 3 is 2.22 bits per heavy atom. The van der Waals surface area contributed by atoms with Crippen LogP contribution >= 0.6 is 0 Å². The van der Waals surface area contributed by atoms with Gasteiger partial charge in [0.25, 0.3) is 5.91 Å². The third-order valence-electron chi connectivity index (χ3n) is 5.47. The molecular weight excluding hydrogens is 336 g/mol. The van der Waals surface area contributed by atoms with Crippen LogP contribution in [0.25, 0.3) is 0 Å². The average molecular weight is 365 g/mol. The molecule has 4 heteroatoms. The number of quaternary nitrogens is 1. The molecule has 0 atom stereocenters. The predicted octanol–water partition coefficient (Wildman–Crippen LogP) is 2.73. The fourth-order valence-electron chi connectivity index (χ4n) is 3.79. The second-order valence-electron chi connectivity index (χ2n) is 7.80. The molecule has 4 nitrogen and oxygen atoms in total. The van der Waals surface area contributed by atoms with E-state index in [9.17, 15) is 9.59 Å². The van der Waals surface area contributed by atoms with Gasteiger partial charge in [-0.1, -0.05) is 47.5 Å². The van der Waals surface area contributed by atoms with Crippen molar-refractivity contribution in [1.82, 2.24) is 0 Å². The van der Waals surface area contributed by atoms with Crippen molar-refractivity contribution in [2.45, 2.75) is 33.6 Å². The minimum Gasteiger partial charge on any atom is -0.327 e. The number of aryl methyl sites for hydroxylation is 3. The number of nitrogens with one attached hydrogen (secondary N) is 2. The lowest BCUT2D eigenvalue weighted by atomic mass is 9.88. The van der Waals surface area contributed by atoms with Crippen LogP contribution in [0, 0.1) is 26.7 Å². The number of Topliss-reactive ketones (excluding diaryl/α,β-unsaturated/α-hetero) is 1. The molecule has 2 aromatic carbocycles. The van der Waals surface area contributed by atoms with E-state index in [0.29, 0.717) is 6.54 Å². The van der Waals surface area contributed by atoms with Gasteiger partial charge in [0.1, 0.15) is 0 Å². The van der Waals surface area contributed by atoms with Crippen LogP contribution in [-0.4, -0.2) is 31.3 Å². The molecule has 0 aliphatic carbocycles. The molecule has 1 aliphatic rings. The van der Waals surface area contributed by atoms with Crippen LogP contribution < -0.4 is 10.2 Å². The number of carbonyl (C=O) groups is 2. The zero-order valence-electron chi connectivity index (χ0n) is 16.5. The predicted molar refractivity (Wildman–Crippen MR) is 108 cm³/mol. The summed E-state index contributed by atoms with van der Waals surface area (Å²) in [5.74, 6) is 0.368. The van der Waals surface area contributed by atoms with Crippen LogP contribution in [0.1, 0.15) is 39.9 Å². The summed E-state index contributed by atoms with van der Waals surface area (Å²) >= 11 is 0. The first-order valence-electron chi connectivity index (χ1n) is 9.74. The largest absolute Gasteiger partial charge is 0.327 e. The molecule has 0 spiro atoms. The SMILES string of the molecule is Cc1ccc(C(=O)C2CC[NH+](CC(=O)Nc3ccc(C)cc3C)CC2)cc1. The molecule has 2 N–H and O–H groups in total. The second-order valence-corrected chi connectivity index (χ2v) is 7.80. The zero-order chi connectivity index (χ0) is 19.4. The monoisotopic (exact) mass is 365 g/mol. The highest BCUT2D eigenvalue weighted by Crippen LogP contribution is 2.18. The number of piperidine rings is 1. The van der Waals surface area contributed by atoms with Gasteiger partial charge in [0.05, 0.1) is 13.1 Å². The number of amides is 1. The highest BCUT2D eigenvalue weighted by atomic mass is 16.2. The Morgan fingerprint density at radius 1 is 0.963 bits per heavy atom. The summed E-state index contributed by atoms with van der Waals surface area (Å²) < 4.78 is 0.